The molecule has 3 saturated carbocycles. The van der Waals surface area contributed by atoms with Gasteiger partial charge in [-0.3, -0.25) is 0 Å². The second-order valence-corrected chi connectivity index (χ2v) is 15.0. The summed E-state index contributed by atoms with van der Waals surface area (Å²) < 4.78 is 16.8. The summed E-state index contributed by atoms with van der Waals surface area (Å²) in [6, 6.07) is 0. The van der Waals surface area contributed by atoms with Crippen LogP contribution < -0.4 is 0 Å². The average Bonchev–Trinajstić information content (AvgIpc) is 2.92. The van der Waals surface area contributed by atoms with Crippen molar-refractivity contribution in [2.24, 2.45) is 23.7 Å². The Morgan fingerprint density at radius 3 is 1.76 bits per heavy atom. The first-order chi connectivity index (χ1) is 11.8. The maximum atomic E-state index is 12.7. The summed E-state index contributed by atoms with van der Waals surface area (Å²) in [5, 5.41) is 0. The Balaban J connectivity index is 1.75. The highest BCUT2D eigenvalue weighted by atomic mass is 28.3. The number of carbonyl (C=O) groups excluding carboxylic acids is 2. The molecule has 4 aliphatic carbocycles. The van der Waals surface area contributed by atoms with Crippen LogP contribution in [-0.4, -0.2) is 45.4 Å². The number of hydrogen-bond acceptors (Lipinski definition) is 5. The lowest BCUT2D eigenvalue weighted by atomic mass is 9.69. The molecule has 1 aliphatic heterocycles. The molecule has 1 heterocycles. The lowest BCUT2D eigenvalue weighted by Crippen LogP contribution is -2.42. The van der Waals surface area contributed by atoms with Gasteiger partial charge in [-0.1, -0.05) is 19.6 Å². The van der Waals surface area contributed by atoms with Gasteiger partial charge in [0.1, 0.15) is 11.2 Å². The zero-order valence-electron chi connectivity index (χ0n) is 15.5. The first kappa shape index (κ1) is 16.1. The van der Waals surface area contributed by atoms with Gasteiger partial charge < -0.3 is 14.2 Å². The third kappa shape index (κ3) is 1.45. The summed E-state index contributed by atoms with van der Waals surface area (Å²) in [5.74, 6) is 0.368. The molecule has 0 aromatic rings. The van der Waals surface area contributed by atoms with Gasteiger partial charge in [-0.2, -0.15) is 0 Å². The van der Waals surface area contributed by atoms with Gasteiger partial charge in [0.25, 0.3) is 0 Å². The average molecular weight is 362 g/mol. The summed E-state index contributed by atoms with van der Waals surface area (Å²) in [6.45, 7) is 7.05. The molecule has 0 aromatic heterocycles. The molecule has 25 heavy (non-hydrogen) atoms. The van der Waals surface area contributed by atoms with Crippen LogP contribution in [0.15, 0.2) is 11.1 Å². The molecule has 4 bridgehead atoms. The van der Waals surface area contributed by atoms with Crippen molar-refractivity contribution in [3.63, 3.8) is 0 Å². The summed E-state index contributed by atoms with van der Waals surface area (Å²) in [6.07, 6.45) is 3.57. The highest BCUT2D eigenvalue weighted by Crippen LogP contribution is 2.88. The molecule has 0 N–H and O–H groups in total. The lowest BCUT2D eigenvalue weighted by Gasteiger charge is -2.36. The Kier molecular flexibility index (Phi) is 2.82. The third-order valence-electron chi connectivity index (χ3n) is 7.92. The number of ether oxygens (including phenoxy) is 3. The summed E-state index contributed by atoms with van der Waals surface area (Å²) in [5.41, 5.74) is 1.10. The lowest BCUT2D eigenvalue weighted by molar-refractivity contribution is -0.140. The largest absolute Gasteiger partial charge is 0.466 e. The Hall–Kier alpha value is -1.14. The standard InChI is InChI=1S/C19H26O5Si/c1-22-16(20)11-12(17(21)23-2)14-15(25(3,4)5)13(11)18-9-6-7-10(8-9)19(14,18)24-18/h9-10,13-15H,6-8H2,1-5H3/t9-,10-,13-,14-,18-,19-/m0/s1. The van der Waals surface area contributed by atoms with Crippen LogP contribution in [0.5, 0.6) is 0 Å². The minimum Gasteiger partial charge on any atom is -0.466 e. The minimum absolute atomic E-state index is 0.0148. The SMILES string of the molecule is COC(=O)C1=C(C(=O)OC)[C@H]2C([Si](C)(C)C)[C@H]1[C@]13O[C@@]21[C@H]1CC[C@H]3C1. The number of epoxide rings is 1. The normalized spacial score (nSPS) is 48.4. The van der Waals surface area contributed by atoms with Gasteiger partial charge in [-0.05, 0) is 36.6 Å². The monoisotopic (exact) mass is 362 g/mol. The Morgan fingerprint density at radius 1 is 0.960 bits per heavy atom. The molecule has 0 unspecified atom stereocenters. The summed E-state index contributed by atoms with van der Waals surface area (Å²) in [7, 11) is 1.16. The molecule has 5 nitrogen and oxygen atoms in total. The van der Waals surface area contributed by atoms with Crippen molar-refractivity contribution >= 4 is 20.0 Å². The molecule has 0 aromatic carbocycles. The van der Waals surface area contributed by atoms with Crippen molar-refractivity contribution in [1.82, 2.24) is 0 Å². The molecule has 5 aliphatic rings. The van der Waals surface area contributed by atoms with E-state index in [2.05, 4.69) is 19.6 Å². The van der Waals surface area contributed by atoms with Crippen molar-refractivity contribution < 1.29 is 23.8 Å². The van der Waals surface area contributed by atoms with Crippen molar-refractivity contribution in [1.29, 1.82) is 0 Å². The van der Waals surface area contributed by atoms with Crippen LogP contribution in [-0.2, 0) is 23.8 Å². The number of rotatable bonds is 3. The number of methoxy groups -OCH3 is 2. The fourth-order valence-electron chi connectivity index (χ4n) is 7.48. The van der Waals surface area contributed by atoms with E-state index in [1.54, 1.807) is 0 Å². The van der Waals surface area contributed by atoms with E-state index in [-0.39, 0.29) is 35.0 Å². The van der Waals surface area contributed by atoms with Gasteiger partial charge in [0.05, 0.1) is 25.4 Å². The molecule has 0 radical (unpaired) electrons. The van der Waals surface area contributed by atoms with E-state index in [4.69, 9.17) is 14.2 Å². The van der Waals surface area contributed by atoms with Crippen molar-refractivity contribution in [2.45, 2.75) is 55.6 Å². The van der Waals surface area contributed by atoms with E-state index < -0.39 is 8.07 Å². The smallest absolute Gasteiger partial charge is 0.334 e. The molecule has 6 atom stereocenters. The summed E-state index contributed by atoms with van der Waals surface area (Å²) in [4.78, 5) is 25.5. The van der Waals surface area contributed by atoms with Crippen LogP contribution in [0, 0.1) is 23.7 Å². The van der Waals surface area contributed by atoms with E-state index in [1.807, 2.05) is 0 Å². The second kappa shape index (κ2) is 4.39. The number of esters is 2. The maximum Gasteiger partial charge on any atom is 0.334 e. The van der Waals surface area contributed by atoms with Crippen molar-refractivity contribution in [3.05, 3.63) is 11.1 Å². The van der Waals surface area contributed by atoms with Crippen LogP contribution in [0.3, 0.4) is 0 Å². The predicted molar refractivity (Wildman–Crippen MR) is 92.5 cm³/mol. The molecule has 0 spiro atoms. The molecule has 6 heteroatoms. The van der Waals surface area contributed by atoms with Gasteiger partial charge in [0, 0.05) is 19.9 Å². The van der Waals surface area contributed by atoms with Crippen molar-refractivity contribution in [2.75, 3.05) is 14.2 Å². The molecule has 136 valence electrons. The van der Waals surface area contributed by atoms with Gasteiger partial charge in [0.2, 0.25) is 0 Å². The number of fused-ring (bicyclic) bond motifs is 4. The fourth-order valence-corrected chi connectivity index (χ4v) is 10.3. The highest BCUT2D eigenvalue weighted by molar-refractivity contribution is 6.78. The number of carbonyl (C=O) groups is 2. The maximum absolute atomic E-state index is 12.7. The second-order valence-electron chi connectivity index (χ2n) is 9.55. The van der Waals surface area contributed by atoms with Gasteiger partial charge in [0.15, 0.2) is 0 Å². The van der Waals surface area contributed by atoms with Crippen LogP contribution in [0.2, 0.25) is 25.2 Å². The fraction of sp³-hybridized carbons (Fsp3) is 0.789. The zero-order valence-corrected chi connectivity index (χ0v) is 16.5. The molecule has 5 rings (SSSR count). The first-order valence-corrected chi connectivity index (χ1v) is 12.9. The van der Waals surface area contributed by atoms with Gasteiger partial charge in [-0.15, -0.1) is 0 Å². The Bertz CT molecular complexity index is 685. The van der Waals surface area contributed by atoms with E-state index >= 15 is 0 Å². The number of hydrogen-bond donors (Lipinski definition) is 0. The van der Waals surface area contributed by atoms with E-state index in [0.29, 0.717) is 28.5 Å². The van der Waals surface area contributed by atoms with E-state index in [0.717, 1.165) is 0 Å². The Labute approximate surface area is 149 Å². The molecular formula is C19H26O5Si. The first-order valence-electron chi connectivity index (χ1n) is 9.36. The van der Waals surface area contributed by atoms with Crippen LogP contribution >= 0.6 is 0 Å². The van der Waals surface area contributed by atoms with Crippen molar-refractivity contribution in [3.8, 4) is 0 Å². The topological polar surface area (TPSA) is 65.1 Å². The molecule has 1 saturated heterocycles. The van der Waals surface area contributed by atoms with Gasteiger partial charge in [-0.25, -0.2) is 9.59 Å². The molecule has 4 fully saturated rings. The molecule has 0 amide bonds. The summed E-state index contributed by atoms with van der Waals surface area (Å²) >= 11 is 0. The quantitative estimate of drug-likeness (QED) is 0.438. The van der Waals surface area contributed by atoms with Crippen LogP contribution in [0.4, 0.5) is 0 Å². The van der Waals surface area contributed by atoms with E-state index in [1.165, 1.54) is 33.5 Å². The van der Waals surface area contributed by atoms with Gasteiger partial charge >= 0.3 is 11.9 Å². The van der Waals surface area contributed by atoms with E-state index in [9.17, 15) is 9.59 Å². The third-order valence-corrected chi connectivity index (χ3v) is 10.6. The van der Waals surface area contributed by atoms with Crippen LogP contribution in [0.25, 0.3) is 0 Å². The minimum atomic E-state index is -1.65. The Morgan fingerprint density at radius 2 is 1.40 bits per heavy atom. The highest BCUT2D eigenvalue weighted by Gasteiger charge is 2.95. The predicted octanol–water partition coefficient (Wildman–Crippen LogP) is 2.53. The van der Waals surface area contributed by atoms with Crippen LogP contribution in [0.1, 0.15) is 19.3 Å². The zero-order chi connectivity index (χ0) is 17.9. The molecular weight excluding hydrogens is 336 g/mol.